The molecule has 1 aliphatic rings. The molecule has 0 unspecified atom stereocenters. The highest BCUT2D eigenvalue weighted by molar-refractivity contribution is 7.99. The summed E-state index contributed by atoms with van der Waals surface area (Å²) in [5.41, 5.74) is 2.39. The first-order valence-corrected chi connectivity index (χ1v) is 12.5. The highest BCUT2D eigenvalue weighted by atomic mass is 32.2. The van der Waals surface area contributed by atoms with E-state index in [2.05, 4.69) is 29.4 Å². The van der Waals surface area contributed by atoms with Crippen LogP contribution >= 0.6 is 23.1 Å². The largest absolute Gasteiger partial charge is 0.353 e. The zero-order chi connectivity index (χ0) is 22.0. The minimum Gasteiger partial charge on any atom is -0.353 e. The van der Waals surface area contributed by atoms with E-state index in [9.17, 15) is 9.59 Å². The van der Waals surface area contributed by atoms with Crippen LogP contribution in [0.4, 0.5) is 0 Å². The maximum absolute atomic E-state index is 13.2. The number of thiophene rings is 1. The third-order valence-corrected chi connectivity index (χ3v) is 7.64. The monoisotopic (exact) mass is 456 g/mol. The molecule has 0 fully saturated rings. The molecule has 8 heteroatoms. The van der Waals surface area contributed by atoms with Gasteiger partial charge in [0.15, 0.2) is 5.16 Å². The van der Waals surface area contributed by atoms with Gasteiger partial charge in [-0.3, -0.25) is 14.2 Å². The summed E-state index contributed by atoms with van der Waals surface area (Å²) in [7, 11) is 2.10. The van der Waals surface area contributed by atoms with Gasteiger partial charge in [0.2, 0.25) is 5.91 Å². The van der Waals surface area contributed by atoms with Crippen molar-refractivity contribution in [1.29, 1.82) is 0 Å². The second-order valence-corrected chi connectivity index (χ2v) is 10.1. The van der Waals surface area contributed by atoms with Crippen LogP contribution in [0.25, 0.3) is 10.2 Å². The van der Waals surface area contributed by atoms with E-state index in [1.165, 1.54) is 27.8 Å². The first-order chi connectivity index (χ1) is 15.0. The lowest BCUT2D eigenvalue weighted by Crippen LogP contribution is -2.35. The van der Waals surface area contributed by atoms with Crippen molar-refractivity contribution in [1.82, 2.24) is 19.8 Å². The number of thioether (sulfide) groups is 1. The molecule has 0 bridgehead atoms. The Kier molecular flexibility index (Phi) is 6.79. The van der Waals surface area contributed by atoms with Crippen molar-refractivity contribution in [3.63, 3.8) is 0 Å². The van der Waals surface area contributed by atoms with Gasteiger partial charge in [0.05, 0.1) is 11.1 Å². The minimum atomic E-state index is -0.0440. The summed E-state index contributed by atoms with van der Waals surface area (Å²) in [6.45, 7) is 6.33. The van der Waals surface area contributed by atoms with Crippen molar-refractivity contribution in [2.75, 3.05) is 19.3 Å². The number of benzene rings is 1. The number of likely N-dealkylation sites (N-methyl/N-ethyl adjacent to an activating group) is 1. The maximum atomic E-state index is 13.2. The van der Waals surface area contributed by atoms with Crippen LogP contribution in [-0.2, 0) is 30.7 Å². The number of hydrogen-bond donors (Lipinski definition) is 1. The lowest BCUT2D eigenvalue weighted by molar-refractivity contribution is -0.119. The van der Waals surface area contributed by atoms with Crippen LogP contribution in [0.2, 0.25) is 0 Å². The first kappa shape index (κ1) is 22.0. The van der Waals surface area contributed by atoms with E-state index < -0.39 is 0 Å². The fourth-order valence-electron chi connectivity index (χ4n) is 4.04. The molecule has 1 N–H and O–H groups in total. The Bertz CT molecular complexity index is 1140. The summed E-state index contributed by atoms with van der Waals surface area (Å²) in [6.07, 6.45) is 1.68. The Hall–Kier alpha value is -2.16. The Morgan fingerprint density at radius 1 is 1.32 bits per heavy atom. The van der Waals surface area contributed by atoms with Crippen molar-refractivity contribution >= 4 is 39.2 Å². The van der Waals surface area contributed by atoms with Gasteiger partial charge in [-0.15, -0.1) is 11.3 Å². The van der Waals surface area contributed by atoms with E-state index in [1.54, 1.807) is 15.9 Å². The van der Waals surface area contributed by atoms with Crippen molar-refractivity contribution in [2.24, 2.45) is 0 Å². The fraction of sp³-hybridized carbons (Fsp3) is 0.435. The number of aromatic nitrogens is 2. The average molecular weight is 457 g/mol. The topological polar surface area (TPSA) is 67.2 Å². The molecule has 0 aliphatic carbocycles. The predicted molar refractivity (Wildman–Crippen MR) is 128 cm³/mol. The molecular formula is C23H28N4O2S2. The van der Waals surface area contributed by atoms with E-state index in [1.807, 2.05) is 32.0 Å². The van der Waals surface area contributed by atoms with Crippen LogP contribution in [0, 0.1) is 0 Å². The number of rotatable bonds is 7. The van der Waals surface area contributed by atoms with Crippen LogP contribution in [0.1, 0.15) is 29.9 Å². The molecule has 1 atom stereocenters. The zero-order valence-electron chi connectivity index (χ0n) is 18.2. The van der Waals surface area contributed by atoms with Gasteiger partial charge in [0, 0.05) is 30.6 Å². The molecular weight excluding hydrogens is 428 g/mol. The summed E-state index contributed by atoms with van der Waals surface area (Å²) >= 11 is 2.96. The van der Waals surface area contributed by atoms with Crippen molar-refractivity contribution < 1.29 is 4.79 Å². The SMILES string of the molecule is CCn1c(SCC(=O)N[C@H](C)Cc2ccccc2)nc2sc3c(c2c1=O)CCN(C)C3. The molecule has 2 aromatic heterocycles. The fourth-order valence-corrected chi connectivity index (χ4v) is 6.25. The molecule has 3 aromatic rings. The number of amides is 1. The summed E-state index contributed by atoms with van der Waals surface area (Å²) in [5.74, 6) is 0.197. The standard InChI is InChI=1S/C23H28N4O2S2/c1-4-27-22(29)20-17-10-11-26(3)13-18(17)31-21(20)25-23(27)30-14-19(28)24-15(2)12-16-8-6-5-7-9-16/h5-9,15H,4,10-14H2,1-3H3,(H,24,28)/t15-/m1/s1. The first-order valence-electron chi connectivity index (χ1n) is 10.7. The van der Waals surface area contributed by atoms with E-state index >= 15 is 0 Å². The quantitative estimate of drug-likeness (QED) is 0.436. The molecule has 1 aliphatic heterocycles. The molecule has 4 rings (SSSR count). The number of nitrogens with one attached hydrogen (secondary N) is 1. The Morgan fingerprint density at radius 2 is 2.10 bits per heavy atom. The van der Waals surface area contributed by atoms with Crippen LogP contribution < -0.4 is 10.9 Å². The van der Waals surface area contributed by atoms with Gasteiger partial charge in [-0.1, -0.05) is 42.1 Å². The molecule has 1 aromatic carbocycles. The predicted octanol–water partition coefficient (Wildman–Crippen LogP) is 3.31. The van der Waals surface area contributed by atoms with Crippen LogP contribution in [0.3, 0.4) is 0 Å². The van der Waals surface area contributed by atoms with Crippen LogP contribution in [0.5, 0.6) is 0 Å². The molecule has 3 heterocycles. The number of fused-ring (bicyclic) bond motifs is 3. The zero-order valence-corrected chi connectivity index (χ0v) is 19.8. The summed E-state index contributed by atoms with van der Waals surface area (Å²) in [4.78, 5) is 34.8. The van der Waals surface area contributed by atoms with Crippen LogP contribution in [0.15, 0.2) is 40.3 Å². The summed E-state index contributed by atoms with van der Waals surface area (Å²) in [5, 5.41) is 4.46. The third kappa shape index (κ3) is 4.86. The number of nitrogens with zero attached hydrogens (tertiary/aromatic N) is 3. The number of hydrogen-bond acceptors (Lipinski definition) is 6. The average Bonchev–Trinajstić information content (AvgIpc) is 3.10. The highest BCUT2D eigenvalue weighted by Crippen LogP contribution is 2.33. The summed E-state index contributed by atoms with van der Waals surface area (Å²) < 4.78 is 1.71. The second kappa shape index (κ2) is 9.54. The number of carbonyl (C=O) groups is 1. The van der Waals surface area contributed by atoms with Crippen molar-refractivity contribution in [3.05, 3.63) is 56.7 Å². The van der Waals surface area contributed by atoms with E-state index in [0.717, 1.165) is 36.1 Å². The molecule has 1 amide bonds. The van der Waals surface area contributed by atoms with Crippen molar-refractivity contribution in [3.8, 4) is 0 Å². The van der Waals surface area contributed by atoms with Gasteiger partial charge in [-0.2, -0.15) is 0 Å². The molecule has 0 saturated carbocycles. The molecule has 6 nitrogen and oxygen atoms in total. The summed E-state index contributed by atoms with van der Waals surface area (Å²) in [6, 6.07) is 10.2. The van der Waals surface area contributed by atoms with Crippen molar-refractivity contribution in [2.45, 2.75) is 51.0 Å². The molecule has 164 valence electrons. The Balaban J connectivity index is 1.48. The molecule has 31 heavy (non-hydrogen) atoms. The normalized spacial score (nSPS) is 15.1. The lowest BCUT2D eigenvalue weighted by Gasteiger charge is -2.21. The third-order valence-electron chi connectivity index (χ3n) is 5.56. The van der Waals surface area contributed by atoms with Gasteiger partial charge in [0.1, 0.15) is 4.83 Å². The van der Waals surface area contributed by atoms with E-state index in [4.69, 9.17) is 4.98 Å². The second-order valence-electron chi connectivity index (χ2n) is 8.06. The van der Waals surface area contributed by atoms with Gasteiger partial charge < -0.3 is 10.2 Å². The van der Waals surface area contributed by atoms with Gasteiger partial charge in [-0.05, 0) is 44.9 Å². The Morgan fingerprint density at radius 3 is 2.84 bits per heavy atom. The van der Waals surface area contributed by atoms with Gasteiger partial charge >= 0.3 is 0 Å². The molecule has 0 radical (unpaired) electrons. The van der Waals surface area contributed by atoms with Gasteiger partial charge in [0.25, 0.3) is 5.56 Å². The maximum Gasteiger partial charge on any atom is 0.263 e. The van der Waals surface area contributed by atoms with Crippen LogP contribution in [-0.4, -0.2) is 45.7 Å². The smallest absolute Gasteiger partial charge is 0.263 e. The lowest BCUT2D eigenvalue weighted by atomic mass is 10.1. The van der Waals surface area contributed by atoms with Gasteiger partial charge in [-0.25, -0.2) is 4.98 Å². The molecule has 0 spiro atoms. The number of carbonyl (C=O) groups excluding carboxylic acids is 1. The Labute approximate surface area is 190 Å². The minimum absolute atomic E-state index is 0.0231. The van der Waals surface area contributed by atoms with E-state index in [0.29, 0.717) is 11.7 Å². The highest BCUT2D eigenvalue weighted by Gasteiger charge is 2.24. The van der Waals surface area contributed by atoms with E-state index in [-0.39, 0.29) is 23.3 Å². The molecule has 0 saturated heterocycles.